The average molecular weight is 390 g/mol. The summed E-state index contributed by atoms with van der Waals surface area (Å²) in [5.74, 6) is 0.395. The van der Waals surface area contributed by atoms with Crippen molar-refractivity contribution in [3.63, 3.8) is 0 Å². The van der Waals surface area contributed by atoms with Gasteiger partial charge in [-0.05, 0) is 30.4 Å². The van der Waals surface area contributed by atoms with E-state index in [0.717, 1.165) is 45.7 Å². The maximum Gasteiger partial charge on any atom is 0.338 e. The van der Waals surface area contributed by atoms with Crippen LogP contribution in [0.5, 0.6) is 0 Å². The van der Waals surface area contributed by atoms with E-state index in [1.165, 1.54) is 16.9 Å². The van der Waals surface area contributed by atoms with Crippen molar-refractivity contribution in [2.45, 2.75) is 45.7 Å². The van der Waals surface area contributed by atoms with Gasteiger partial charge in [0.15, 0.2) is 6.61 Å². The van der Waals surface area contributed by atoms with Crippen LogP contribution in [0.15, 0.2) is 24.3 Å². The molecular weight excluding hydrogens is 356 g/mol. The fourth-order valence-corrected chi connectivity index (χ4v) is 4.13. The van der Waals surface area contributed by atoms with Crippen LogP contribution in [0.4, 0.5) is 0 Å². The van der Waals surface area contributed by atoms with E-state index in [1.54, 1.807) is 12.1 Å². The van der Waals surface area contributed by atoms with Gasteiger partial charge in [-0.3, -0.25) is 4.79 Å². The van der Waals surface area contributed by atoms with Gasteiger partial charge >= 0.3 is 5.97 Å². The fourth-order valence-electron chi connectivity index (χ4n) is 4.13. The van der Waals surface area contributed by atoms with Crippen molar-refractivity contribution >= 4 is 11.9 Å². The second-order valence-corrected chi connectivity index (χ2v) is 8.25. The van der Waals surface area contributed by atoms with Gasteiger partial charge in [0.05, 0.1) is 18.8 Å². The number of amides is 1. The van der Waals surface area contributed by atoms with Crippen molar-refractivity contribution in [1.82, 2.24) is 5.32 Å². The number of esters is 1. The summed E-state index contributed by atoms with van der Waals surface area (Å²) in [4.78, 5) is 25.9. The summed E-state index contributed by atoms with van der Waals surface area (Å²) < 4.78 is 10.6. The molecule has 1 saturated carbocycles. The summed E-state index contributed by atoms with van der Waals surface area (Å²) in [5, 5.41) is 3.03. The summed E-state index contributed by atoms with van der Waals surface area (Å²) in [6.07, 6.45) is 3.35. The van der Waals surface area contributed by atoms with E-state index < -0.39 is 5.97 Å². The number of benzene rings is 1. The SMILES string of the molecule is C[C@@H]1[C@H](C)CCC[C@@H]1NC(=O)COC(=O)c1ccc(C[NH+]2CCOCC2)cc1. The van der Waals surface area contributed by atoms with Crippen LogP contribution < -0.4 is 10.2 Å². The minimum atomic E-state index is -0.453. The van der Waals surface area contributed by atoms with E-state index in [0.29, 0.717) is 17.4 Å². The highest BCUT2D eigenvalue weighted by Gasteiger charge is 2.28. The van der Waals surface area contributed by atoms with Gasteiger partial charge in [0.2, 0.25) is 0 Å². The first-order valence-corrected chi connectivity index (χ1v) is 10.5. The maximum atomic E-state index is 12.2. The number of quaternary nitrogens is 1. The molecule has 6 nitrogen and oxygen atoms in total. The maximum absolute atomic E-state index is 12.2. The predicted molar refractivity (Wildman–Crippen MR) is 106 cm³/mol. The minimum Gasteiger partial charge on any atom is -0.452 e. The van der Waals surface area contributed by atoms with Crippen molar-refractivity contribution in [3.05, 3.63) is 35.4 Å². The number of morpholine rings is 1. The normalized spacial score (nSPS) is 25.9. The van der Waals surface area contributed by atoms with Gasteiger partial charge in [-0.25, -0.2) is 4.79 Å². The molecule has 1 aromatic carbocycles. The minimum absolute atomic E-state index is 0.178. The van der Waals surface area contributed by atoms with Gasteiger partial charge < -0.3 is 19.7 Å². The molecule has 1 saturated heterocycles. The topological polar surface area (TPSA) is 69.1 Å². The molecule has 3 rings (SSSR count). The van der Waals surface area contributed by atoms with E-state index in [2.05, 4.69) is 19.2 Å². The molecule has 6 heteroatoms. The van der Waals surface area contributed by atoms with E-state index in [4.69, 9.17) is 9.47 Å². The van der Waals surface area contributed by atoms with Crippen molar-refractivity contribution in [1.29, 1.82) is 0 Å². The van der Waals surface area contributed by atoms with Gasteiger partial charge in [0, 0.05) is 11.6 Å². The molecule has 0 aromatic heterocycles. The zero-order valence-electron chi connectivity index (χ0n) is 17.0. The van der Waals surface area contributed by atoms with Gasteiger partial charge in [-0.1, -0.05) is 38.8 Å². The Morgan fingerprint density at radius 1 is 1.14 bits per heavy atom. The molecule has 154 valence electrons. The molecule has 0 bridgehead atoms. The standard InChI is InChI=1S/C22H32N2O4/c1-16-4-3-5-20(17(16)2)23-21(25)15-28-22(26)19-8-6-18(7-9-19)14-24-10-12-27-13-11-24/h6-9,16-17,20H,3-5,10-15H2,1-2H3,(H,23,25)/p+1/t16-,17-,20+/m1/s1. The first-order chi connectivity index (χ1) is 13.5. The first kappa shape index (κ1) is 20.8. The molecule has 2 fully saturated rings. The largest absolute Gasteiger partial charge is 0.452 e. The van der Waals surface area contributed by atoms with Gasteiger partial charge in [-0.15, -0.1) is 0 Å². The van der Waals surface area contributed by atoms with Gasteiger partial charge in [0.25, 0.3) is 5.91 Å². The summed E-state index contributed by atoms with van der Waals surface area (Å²) >= 11 is 0. The lowest BCUT2D eigenvalue weighted by molar-refractivity contribution is -0.921. The number of rotatable bonds is 6. The fraction of sp³-hybridized carbons (Fsp3) is 0.636. The average Bonchev–Trinajstić information content (AvgIpc) is 2.71. The third kappa shape index (κ3) is 5.79. The Balaban J connectivity index is 1.43. The van der Waals surface area contributed by atoms with Crippen LogP contribution in [0.2, 0.25) is 0 Å². The molecule has 2 aliphatic rings. The highest BCUT2D eigenvalue weighted by atomic mass is 16.5. The third-order valence-corrected chi connectivity index (χ3v) is 6.23. The van der Waals surface area contributed by atoms with Crippen LogP contribution >= 0.6 is 0 Å². The van der Waals surface area contributed by atoms with E-state index in [9.17, 15) is 9.59 Å². The first-order valence-electron chi connectivity index (χ1n) is 10.5. The Morgan fingerprint density at radius 2 is 1.86 bits per heavy atom. The number of hydrogen-bond acceptors (Lipinski definition) is 4. The second kappa shape index (κ2) is 10.0. The Kier molecular flexibility index (Phi) is 7.45. The van der Waals surface area contributed by atoms with Crippen LogP contribution in [0, 0.1) is 11.8 Å². The van der Waals surface area contributed by atoms with Crippen molar-refractivity contribution in [2.75, 3.05) is 32.9 Å². The predicted octanol–water partition coefficient (Wildman–Crippen LogP) is 1.20. The second-order valence-electron chi connectivity index (χ2n) is 8.25. The number of ether oxygens (including phenoxy) is 2. The van der Waals surface area contributed by atoms with E-state index in [1.807, 2.05) is 12.1 Å². The van der Waals surface area contributed by atoms with Gasteiger partial charge in [0.1, 0.15) is 19.6 Å². The molecule has 1 heterocycles. The quantitative estimate of drug-likeness (QED) is 0.718. The van der Waals surface area contributed by atoms with E-state index >= 15 is 0 Å². The molecule has 3 atom stereocenters. The Morgan fingerprint density at radius 3 is 2.57 bits per heavy atom. The summed E-state index contributed by atoms with van der Waals surface area (Å²) in [7, 11) is 0. The number of nitrogens with one attached hydrogen (secondary N) is 2. The lowest BCUT2D eigenvalue weighted by atomic mass is 9.78. The van der Waals surface area contributed by atoms with Crippen molar-refractivity contribution < 1.29 is 24.0 Å². The molecule has 1 aliphatic heterocycles. The highest BCUT2D eigenvalue weighted by molar-refractivity contribution is 5.91. The molecule has 28 heavy (non-hydrogen) atoms. The van der Waals surface area contributed by atoms with Gasteiger partial charge in [-0.2, -0.15) is 0 Å². The Hall–Kier alpha value is -1.92. The molecule has 1 aromatic rings. The monoisotopic (exact) mass is 389 g/mol. The molecule has 0 spiro atoms. The van der Waals surface area contributed by atoms with Crippen LogP contribution in [0.1, 0.15) is 49.0 Å². The Labute approximate surface area is 167 Å². The van der Waals surface area contributed by atoms with Crippen molar-refractivity contribution in [3.8, 4) is 0 Å². The summed E-state index contributed by atoms with van der Waals surface area (Å²) in [5.41, 5.74) is 1.67. The smallest absolute Gasteiger partial charge is 0.338 e. The zero-order valence-corrected chi connectivity index (χ0v) is 17.0. The molecule has 0 radical (unpaired) electrons. The molecule has 2 N–H and O–H groups in total. The summed E-state index contributed by atoms with van der Waals surface area (Å²) in [6.45, 7) is 8.75. The highest BCUT2D eigenvalue weighted by Crippen LogP contribution is 2.29. The Bertz CT molecular complexity index is 655. The summed E-state index contributed by atoms with van der Waals surface area (Å²) in [6, 6.07) is 7.66. The molecular formula is C22H33N2O4+. The van der Waals surface area contributed by atoms with Crippen molar-refractivity contribution in [2.24, 2.45) is 11.8 Å². The number of carbonyl (C=O) groups excluding carboxylic acids is 2. The molecule has 1 amide bonds. The lowest BCUT2D eigenvalue weighted by Crippen LogP contribution is -3.12. The third-order valence-electron chi connectivity index (χ3n) is 6.23. The molecule has 1 aliphatic carbocycles. The number of carbonyl (C=O) groups is 2. The van der Waals surface area contributed by atoms with E-state index in [-0.39, 0.29) is 18.6 Å². The number of hydrogen-bond donors (Lipinski definition) is 2. The van der Waals surface area contributed by atoms with Crippen LogP contribution in [0.3, 0.4) is 0 Å². The molecule has 0 unspecified atom stereocenters. The zero-order chi connectivity index (χ0) is 19.9. The lowest BCUT2D eigenvalue weighted by Gasteiger charge is -2.34. The van der Waals surface area contributed by atoms with Crippen LogP contribution in [-0.4, -0.2) is 50.8 Å². The van der Waals surface area contributed by atoms with Crippen LogP contribution in [0.25, 0.3) is 0 Å². The van der Waals surface area contributed by atoms with Crippen LogP contribution in [-0.2, 0) is 20.8 Å².